The van der Waals surface area contributed by atoms with Gasteiger partial charge in [-0.2, -0.15) is 0 Å². The standard InChI is InChI=1S/C30H34N2O6S2/c1-18-14-19(2)17-31(16-18)30(39)40-25-15-26(34)32(29(25)35)22-10-6-20(7-11-22)23(33)12-8-21-9-13-24(36-3)28(38-5)27(21)37-4/h6-13,18-19,25H,14-17H2,1-5H3/b12-8+. The van der Waals surface area contributed by atoms with Crippen molar-refractivity contribution in [1.29, 1.82) is 0 Å². The SMILES string of the molecule is COc1ccc(/C=C/C(=O)c2ccc(N3C(=O)CC(SC(=S)N4CC(C)CC(C)C4)C3=O)cc2)c(OC)c1OC. The van der Waals surface area contributed by atoms with E-state index in [1.165, 1.54) is 44.1 Å². The lowest BCUT2D eigenvalue weighted by Gasteiger charge is -2.36. The minimum absolute atomic E-state index is 0.0964. The maximum absolute atomic E-state index is 13.2. The van der Waals surface area contributed by atoms with Gasteiger partial charge in [-0.15, -0.1) is 0 Å². The number of ketones is 1. The number of rotatable bonds is 8. The Morgan fingerprint density at radius 2 is 1.60 bits per heavy atom. The van der Waals surface area contributed by atoms with Crippen molar-refractivity contribution in [1.82, 2.24) is 4.90 Å². The summed E-state index contributed by atoms with van der Waals surface area (Å²) in [6, 6.07) is 9.95. The van der Waals surface area contributed by atoms with Crippen molar-refractivity contribution in [2.75, 3.05) is 39.3 Å². The van der Waals surface area contributed by atoms with Crippen LogP contribution in [0.4, 0.5) is 5.69 Å². The van der Waals surface area contributed by atoms with Crippen LogP contribution in [0.25, 0.3) is 6.08 Å². The third-order valence-electron chi connectivity index (χ3n) is 7.03. The number of thiocarbonyl (C=S) groups is 1. The van der Waals surface area contributed by atoms with Crippen molar-refractivity contribution in [3.63, 3.8) is 0 Å². The van der Waals surface area contributed by atoms with Crippen LogP contribution in [0.1, 0.15) is 42.6 Å². The summed E-state index contributed by atoms with van der Waals surface area (Å²) < 4.78 is 16.8. The molecule has 3 unspecified atom stereocenters. The Bertz CT molecular complexity index is 1320. The number of ether oxygens (including phenoxy) is 3. The highest BCUT2D eigenvalue weighted by Crippen LogP contribution is 2.40. The van der Waals surface area contributed by atoms with Gasteiger partial charge < -0.3 is 19.1 Å². The Hall–Kier alpha value is -3.37. The van der Waals surface area contributed by atoms with Gasteiger partial charge >= 0.3 is 0 Å². The third-order valence-corrected chi connectivity index (χ3v) is 8.69. The average Bonchev–Trinajstić information content (AvgIpc) is 3.22. The van der Waals surface area contributed by atoms with Crippen molar-refractivity contribution >= 4 is 57.7 Å². The second kappa shape index (κ2) is 12.9. The van der Waals surface area contributed by atoms with Crippen LogP contribution in [0, 0.1) is 11.8 Å². The number of imide groups is 1. The number of nitrogens with zero attached hydrogens (tertiary/aromatic N) is 2. The average molecular weight is 583 g/mol. The van der Waals surface area contributed by atoms with Crippen molar-refractivity contribution in [2.24, 2.45) is 11.8 Å². The van der Waals surface area contributed by atoms with E-state index in [0.717, 1.165) is 19.5 Å². The zero-order chi connectivity index (χ0) is 29.0. The molecule has 2 amide bonds. The molecule has 4 rings (SSSR count). The fourth-order valence-corrected chi connectivity index (χ4v) is 6.74. The van der Waals surface area contributed by atoms with Gasteiger partial charge in [0, 0.05) is 30.6 Å². The Morgan fingerprint density at radius 3 is 2.20 bits per heavy atom. The van der Waals surface area contributed by atoms with Crippen LogP contribution >= 0.6 is 24.0 Å². The molecule has 2 aliphatic rings. The number of thioether (sulfide) groups is 1. The number of carbonyl (C=O) groups is 3. The number of amides is 2. The predicted molar refractivity (Wildman–Crippen MR) is 162 cm³/mol. The quantitative estimate of drug-likeness (QED) is 0.180. The second-order valence-electron chi connectivity index (χ2n) is 10.2. The van der Waals surface area contributed by atoms with Gasteiger partial charge in [0.15, 0.2) is 17.3 Å². The smallest absolute Gasteiger partial charge is 0.247 e. The van der Waals surface area contributed by atoms with Crippen molar-refractivity contribution in [2.45, 2.75) is 31.9 Å². The first-order valence-corrected chi connectivity index (χ1v) is 14.4. The normalized spacial score (nSPS) is 21.2. The summed E-state index contributed by atoms with van der Waals surface area (Å²) in [7, 11) is 4.57. The number of allylic oxidation sites excluding steroid dienone is 1. The molecule has 0 saturated carbocycles. The number of likely N-dealkylation sites (tertiary alicyclic amines) is 1. The van der Waals surface area contributed by atoms with E-state index in [2.05, 4.69) is 18.7 Å². The first-order chi connectivity index (χ1) is 19.2. The van der Waals surface area contributed by atoms with Gasteiger partial charge in [0.1, 0.15) is 9.57 Å². The number of hydrogen-bond donors (Lipinski definition) is 0. The zero-order valence-corrected chi connectivity index (χ0v) is 25.0. The van der Waals surface area contributed by atoms with E-state index < -0.39 is 5.25 Å². The van der Waals surface area contributed by atoms with Gasteiger partial charge in [-0.3, -0.25) is 14.4 Å². The van der Waals surface area contributed by atoms with Crippen LogP contribution in [-0.2, 0) is 9.59 Å². The monoisotopic (exact) mass is 582 g/mol. The van der Waals surface area contributed by atoms with Crippen LogP contribution < -0.4 is 19.1 Å². The molecule has 2 heterocycles. The summed E-state index contributed by atoms with van der Waals surface area (Å²) in [5.41, 5.74) is 1.50. The molecule has 0 bridgehead atoms. The van der Waals surface area contributed by atoms with E-state index in [1.807, 2.05) is 0 Å². The molecule has 2 aromatic carbocycles. The molecule has 0 aromatic heterocycles. The van der Waals surface area contributed by atoms with Crippen LogP contribution in [0.5, 0.6) is 17.2 Å². The van der Waals surface area contributed by atoms with Gasteiger partial charge in [-0.1, -0.05) is 37.8 Å². The largest absolute Gasteiger partial charge is 0.493 e. The summed E-state index contributed by atoms with van der Waals surface area (Å²) >= 11 is 6.96. The Kier molecular flexibility index (Phi) is 9.52. The molecule has 2 aliphatic heterocycles. The molecular formula is C30H34N2O6S2. The number of hydrogen-bond acceptors (Lipinski definition) is 8. The molecule has 212 valence electrons. The fourth-order valence-electron chi connectivity index (χ4n) is 5.27. The van der Waals surface area contributed by atoms with Gasteiger partial charge in [0.25, 0.3) is 0 Å². The van der Waals surface area contributed by atoms with E-state index in [-0.39, 0.29) is 24.0 Å². The van der Waals surface area contributed by atoms with Gasteiger partial charge in [-0.05, 0) is 66.8 Å². The molecule has 8 nitrogen and oxygen atoms in total. The molecule has 2 saturated heterocycles. The highest BCUT2D eigenvalue weighted by molar-refractivity contribution is 8.23. The molecule has 0 aliphatic carbocycles. The zero-order valence-electron chi connectivity index (χ0n) is 23.3. The van der Waals surface area contributed by atoms with E-state index in [9.17, 15) is 14.4 Å². The van der Waals surface area contributed by atoms with Crippen LogP contribution in [0.15, 0.2) is 42.5 Å². The lowest BCUT2D eigenvalue weighted by atomic mass is 9.92. The lowest BCUT2D eigenvalue weighted by Crippen LogP contribution is -2.41. The summed E-state index contributed by atoms with van der Waals surface area (Å²) in [5.74, 6) is 1.67. The number of piperidine rings is 1. The first kappa shape index (κ1) is 29.6. The molecule has 3 atom stereocenters. The van der Waals surface area contributed by atoms with Gasteiger partial charge in [0.2, 0.25) is 17.6 Å². The summed E-state index contributed by atoms with van der Waals surface area (Å²) in [4.78, 5) is 42.2. The van der Waals surface area contributed by atoms with Crippen molar-refractivity contribution in [3.05, 3.63) is 53.6 Å². The minimum atomic E-state index is -0.548. The Morgan fingerprint density at radius 1 is 0.950 bits per heavy atom. The number of benzene rings is 2. The molecule has 2 fully saturated rings. The number of methoxy groups -OCH3 is 3. The van der Waals surface area contributed by atoms with Crippen LogP contribution in [0.3, 0.4) is 0 Å². The second-order valence-corrected chi connectivity index (χ2v) is 12.0. The Labute approximate surface area is 244 Å². The van der Waals surface area contributed by atoms with Crippen LogP contribution in [-0.4, -0.2) is 66.5 Å². The maximum atomic E-state index is 13.2. The first-order valence-electron chi connectivity index (χ1n) is 13.1. The molecule has 0 spiro atoms. The molecule has 10 heteroatoms. The molecule has 40 heavy (non-hydrogen) atoms. The van der Waals surface area contributed by atoms with E-state index >= 15 is 0 Å². The summed E-state index contributed by atoms with van der Waals surface area (Å²) in [6.45, 7) is 6.16. The third kappa shape index (κ3) is 6.33. The summed E-state index contributed by atoms with van der Waals surface area (Å²) in [5, 5.41) is -0.548. The van der Waals surface area contributed by atoms with Crippen molar-refractivity contribution < 1.29 is 28.6 Å². The summed E-state index contributed by atoms with van der Waals surface area (Å²) in [6.07, 6.45) is 4.33. The lowest BCUT2D eigenvalue weighted by molar-refractivity contribution is -0.121. The highest BCUT2D eigenvalue weighted by Gasteiger charge is 2.41. The number of carbonyl (C=O) groups excluding carboxylic acids is 3. The minimum Gasteiger partial charge on any atom is -0.493 e. The van der Waals surface area contributed by atoms with E-state index in [4.69, 9.17) is 26.4 Å². The maximum Gasteiger partial charge on any atom is 0.247 e. The van der Waals surface area contributed by atoms with Gasteiger partial charge in [-0.25, -0.2) is 4.90 Å². The number of anilines is 1. The van der Waals surface area contributed by atoms with Crippen LogP contribution in [0.2, 0.25) is 0 Å². The molecule has 2 aromatic rings. The predicted octanol–water partition coefficient (Wildman–Crippen LogP) is 5.24. The highest BCUT2D eigenvalue weighted by atomic mass is 32.2. The molecule has 0 N–H and O–H groups in total. The van der Waals surface area contributed by atoms with Gasteiger partial charge in [0.05, 0.1) is 27.0 Å². The van der Waals surface area contributed by atoms with E-state index in [1.54, 1.807) is 42.5 Å². The molecular weight excluding hydrogens is 548 g/mol. The fraction of sp³-hybridized carbons (Fsp3) is 0.400. The van der Waals surface area contributed by atoms with Crippen molar-refractivity contribution in [3.8, 4) is 17.2 Å². The topological polar surface area (TPSA) is 85.4 Å². The molecule has 0 radical (unpaired) electrons. The Balaban J connectivity index is 1.43. The van der Waals surface area contributed by atoms with E-state index in [0.29, 0.717) is 50.2 Å².